The third-order valence-corrected chi connectivity index (χ3v) is 7.71. The third kappa shape index (κ3) is 6.15. The molecule has 4 aromatic rings. The molecular weight excluding hydrogens is 544 g/mol. The Bertz CT molecular complexity index is 1580. The summed E-state index contributed by atoms with van der Waals surface area (Å²) >= 11 is 0.970. The minimum absolute atomic E-state index is 0.0451. The van der Waals surface area contributed by atoms with E-state index in [1.54, 1.807) is 54.6 Å². The van der Waals surface area contributed by atoms with E-state index >= 15 is 0 Å². The van der Waals surface area contributed by atoms with Crippen molar-refractivity contribution in [2.24, 2.45) is 0 Å². The Morgan fingerprint density at radius 2 is 1.88 bits per heavy atom. The van der Waals surface area contributed by atoms with Gasteiger partial charge in [0.25, 0.3) is 5.91 Å². The van der Waals surface area contributed by atoms with Crippen molar-refractivity contribution in [1.82, 2.24) is 15.2 Å². The normalized spacial score (nSPS) is 15.7. The van der Waals surface area contributed by atoms with Gasteiger partial charge in [0.05, 0.1) is 18.7 Å². The van der Waals surface area contributed by atoms with Crippen LogP contribution in [0.5, 0.6) is 0 Å². The molecule has 2 aromatic carbocycles. The first kappa shape index (κ1) is 27.3. The SMILES string of the molecule is Nc1ccc(/C=C/C(=O)NCc2cc3cc(-c4ccc(C(=O)N5CCC(F)C5)cc4)cc(C(F)(F)F)c3s2)cn1. The highest BCUT2D eigenvalue weighted by molar-refractivity contribution is 7.19. The number of hydrogen-bond acceptors (Lipinski definition) is 5. The Morgan fingerprint density at radius 1 is 1.10 bits per heavy atom. The number of pyridine rings is 1. The number of nitrogen functional groups attached to an aromatic ring is 1. The molecule has 1 aliphatic rings. The van der Waals surface area contributed by atoms with Crippen LogP contribution in [0.1, 0.15) is 32.8 Å². The van der Waals surface area contributed by atoms with Crippen molar-refractivity contribution in [1.29, 1.82) is 0 Å². The van der Waals surface area contributed by atoms with Crippen LogP contribution in [0.2, 0.25) is 0 Å². The van der Waals surface area contributed by atoms with Crippen molar-refractivity contribution in [2.45, 2.75) is 25.3 Å². The van der Waals surface area contributed by atoms with Crippen molar-refractivity contribution >= 4 is 45.1 Å². The molecule has 3 N–H and O–H groups in total. The van der Waals surface area contributed by atoms with Crippen LogP contribution in [0.4, 0.5) is 23.4 Å². The van der Waals surface area contributed by atoms with Crippen LogP contribution in [0.25, 0.3) is 27.3 Å². The molecule has 11 heteroatoms. The molecule has 2 amide bonds. The quantitative estimate of drug-likeness (QED) is 0.218. The average molecular weight is 569 g/mol. The molecule has 1 unspecified atom stereocenters. The number of anilines is 1. The number of thiophene rings is 1. The number of rotatable bonds is 6. The first-order valence-electron chi connectivity index (χ1n) is 12.4. The number of benzene rings is 2. The zero-order valence-electron chi connectivity index (χ0n) is 21.0. The first-order valence-corrected chi connectivity index (χ1v) is 13.2. The molecule has 5 rings (SSSR count). The summed E-state index contributed by atoms with van der Waals surface area (Å²) in [5.41, 5.74) is 6.65. The van der Waals surface area contributed by atoms with Gasteiger partial charge >= 0.3 is 6.18 Å². The molecule has 1 aliphatic heterocycles. The van der Waals surface area contributed by atoms with Crippen molar-refractivity contribution < 1.29 is 27.2 Å². The van der Waals surface area contributed by atoms with E-state index in [0.29, 0.717) is 51.3 Å². The van der Waals surface area contributed by atoms with E-state index < -0.39 is 23.8 Å². The highest BCUT2D eigenvalue weighted by Crippen LogP contribution is 2.41. The van der Waals surface area contributed by atoms with Crippen LogP contribution < -0.4 is 11.1 Å². The van der Waals surface area contributed by atoms with Crippen LogP contribution in [-0.2, 0) is 17.5 Å². The number of nitrogens with two attached hydrogens (primary N) is 1. The molecule has 206 valence electrons. The fourth-order valence-corrected chi connectivity index (χ4v) is 5.59. The predicted octanol–water partition coefficient (Wildman–Crippen LogP) is 6.08. The number of amides is 2. The second-order valence-electron chi connectivity index (χ2n) is 9.43. The second kappa shape index (κ2) is 11.1. The van der Waals surface area contributed by atoms with Gasteiger partial charge in [-0.15, -0.1) is 11.3 Å². The highest BCUT2D eigenvalue weighted by atomic mass is 32.1. The molecular formula is C29H24F4N4O2S. The van der Waals surface area contributed by atoms with Crippen LogP contribution in [0, 0.1) is 0 Å². The van der Waals surface area contributed by atoms with Crippen molar-refractivity contribution in [3.63, 3.8) is 0 Å². The van der Waals surface area contributed by atoms with E-state index in [0.717, 1.165) is 17.4 Å². The largest absolute Gasteiger partial charge is 0.417 e. The summed E-state index contributed by atoms with van der Waals surface area (Å²) in [4.78, 5) is 30.8. The predicted molar refractivity (Wildman–Crippen MR) is 147 cm³/mol. The number of likely N-dealkylation sites (tertiary alicyclic amines) is 1. The van der Waals surface area contributed by atoms with Crippen LogP contribution in [0.15, 0.2) is 66.9 Å². The van der Waals surface area contributed by atoms with Crippen LogP contribution >= 0.6 is 11.3 Å². The summed E-state index contributed by atoms with van der Waals surface area (Å²) in [5.74, 6) is -0.353. The number of hydrogen-bond donors (Lipinski definition) is 2. The van der Waals surface area contributed by atoms with Crippen LogP contribution in [0.3, 0.4) is 0 Å². The summed E-state index contributed by atoms with van der Waals surface area (Å²) in [7, 11) is 0. The standard InChI is InChI=1S/C29H24F4N4O2S/c30-22-9-10-37(16-22)28(39)19-5-3-18(4-6-19)20-11-21-12-23(40-27(21)24(13-20)29(31,32)33)15-36-26(38)8-2-17-1-7-25(34)35-14-17/h1-8,11-14,22H,9-10,15-16H2,(H2,34,35)(H,36,38)/b8-2+. The molecule has 0 bridgehead atoms. The van der Waals surface area contributed by atoms with Gasteiger partial charge < -0.3 is 16.0 Å². The van der Waals surface area contributed by atoms with E-state index in [1.165, 1.54) is 17.2 Å². The van der Waals surface area contributed by atoms with Gasteiger partial charge in [0.1, 0.15) is 12.0 Å². The second-order valence-corrected chi connectivity index (χ2v) is 10.6. The molecule has 0 spiro atoms. The van der Waals surface area contributed by atoms with E-state index in [1.807, 2.05) is 0 Å². The third-order valence-electron chi connectivity index (χ3n) is 6.53. The van der Waals surface area contributed by atoms with Gasteiger partial charge in [-0.05, 0) is 77.0 Å². The Balaban J connectivity index is 1.35. The smallest absolute Gasteiger partial charge is 0.384 e. The lowest BCUT2D eigenvalue weighted by Gasteiger charge is -2.15. The van der Waals surface area contributed by atoms with Crippen LogP contribution in [-0.4, -0.2) is 41.0 Å². The zero-order valence-corrected chi connectivity index (χ0v) is 21.9. The summed E-state index contributed by atoms with van der Waals surface area (Å²) in [6.07, 6.45) is -0.946. The fourth-order valence-electron chi connectivity index (χ4n) is 4.48. The van der Waals surface area contributed by atoms with Gasteiger partial charge in [0.2, 0.25) is 5.91 Å². The fraction of sp³-hybridized carbons (Fsp3) is 0.207. The number of fused-ring (bicyclic) bond motifs is 1. The maximum absolute atomic E-state index is 14.0. The van der Waals surface area contributed by atoms with Gasteiger partial charge in [-0.3, -0.25) is 9.59 Å². The lowest BCUT2D eigenvalue weighted by Crippen LogP contribution is -2.28. The number of nitrogens with one attached hydrogen (secondary N) is 1. The molecule has 3 heterocycles. The molecule has 0 radical (unpaired) electrons. The first-order chi connectivity index (χ1) is 19.1. The molecule has 40 heavy (non-hydrogen) atoms. The highest BCUT2D eigenvalue weighted by Gasteiger charge is 2.34. The molecule has 0 aliphatic carbocycles. The summed E-state index contributed by atoms with van der Waals surface area (Å²) in [6, 6.07) is 14.0. The molecule has 0 saturated carbocycles. The minimum atomic E-state index is -4.59. The number of aromatic nitrogens is 1. The van der Waals surface area contributed by atoms with E-state index in [9.17, 15) is 27.2 Å². The zero-order chi connectivity index (χ0) is 28.4. The van der Waals surface area contributed by atoms with Gasteiger partial charge in [-0.25, -0.2) is 9.37 Å². The summed E-state index contributed by atoms with van der Waals surface area (Å²) in [6.45, 7) is 0.441. The monoisotopic (exact) mass is 568 g/mol. The number of alkyl halides is 4. The number of halogens is 4. The van der Waals surface area contributed by atoms with Crippen molar-refractivity contribution in [2.75, 3.05) is 18.8 Å². The molecule has 2 aromatic heterocycles. The van der Waals surface area contributed by atoms with E-state index in [2.05, 4.69) is 10.3 Å². The minimum Gasteiger partial charge on any atom is -0.384 e. The van der Waals surface area contributed by atoms with Gasteiger partial charge in [0, 0.05) is 34.0 Å². The Hall–Kier alpha value is -4.25. The van der Waals surface area contributed by atoms with Gasteiger partial charge in [-0.1, -0.05) is 12.1 Å². The number of nitrogens with zero attached hydrogens (tertiary/aromatic N) is 2. The van der Waals surface area contributed by atoms with Crippen molar-refractivity contribution in [3.05, 3.63) is 88.4 Å². The van der Waals surface area contributed by atoms with Crippen molar-refractivity contribution in [3.8, 4) is 11.1 Å². The Kier molecular flexibility index (Phi) is 7.57. The molecule has 1 atom stereocenters. The lowest BCUT2D eigenvalue weighted by atomic mass is 9.99. The summed E-state index contributed by atoms with van der Waals surface area (Å²) in [5, 5.41) is 3.08. The summed E-state index contributed by atoms with van der Waals surface area (Å²) < 4.78 is 55.7. The maximum atomic E-state index is 14.0. The Labute approximate surface area is 231 Å². The Morgan fingerprint density at radius 3 is 2.52 bits per heavy atom. The average Bonchev–Trinajstić information content (AvgIpc) is 3.56. The van der Waals surface area contributed by atoms with E-state index in [4.69, 9.17) is 5.73 Å². The van der Waals surface area contributed by atoms with E-state index in [-0.39, 0.29) is 23.7 Å². The topological polar surface area (TPSA) is 88.3 Å². The van der Waals surface area contributed by atoms with Gasteiger partial charge in [0.15, 0.2) is 0 Å². The number of carbonyl (C=O) groups excluding carboxylic acids is 2. The molecule has 6 nitrogen and oxygen atoms in total. The maximum Gasteiger partial charge on any atom is 0.417 e. The number of carbonyl (C=O) groups is 2. The molecule has 1 saturated heterocycles. The molecule has 1 fully saturated rings. The lowest BCUT2D eigenvalue weighted by molar-refractivity contribution is -0.136. The van der Waals surface area contributed by atoms with Gasteiger partial charge in [-0.2, -0.15) is 13.2 Å².